The van der Waals surface area contributed by atoms with Crippen LogP contribution < -0.4 is 4.74 Å². The molecule has 0 saturated heterocycles. The molecule has 2 aromatic carbocycles. The summed E-state index contributed by atoms with van der Waals surface area (Å²) in [6.45, 7) is 5.64. The fraction of sp³-hybridized carbons (Fsp3) is 0.333. The number of aromatic nitrogens is 1. The first-order valence-electron chi connectivity index (χ1n) is 10.2. The van der Waals surface area contributed by atoms with Gasteiger partial charge in [0, 0.05) is 30.5 Å². The normalized spacial score (nSPS) is 13.2. The molecule has 156 valence electrons. The molecule has 30 heavy (non-hydrogen) atoms. The lowest BCUT2D eigenvalue weighted by molar-refractivity contribution is -0.132. The summed E-state index contributed by atoms with van der Waals surface area (Å²) in [5, 5.41) is 4.15. The lowest BCUT2D eigenvalue weighted by Gasteiger charge is -2.26. The van der Waals surface area contributed by atoms with E-state index in [4.69, 9.17) is 9.26 Å². The van der Waals surface area contributed by atoms with Gasteiger partial charge in [-0.25, -0.2) is 4.39 Å². The molecule has 0 radical (unpaired) electrons. The summed E-state index contributed by atoms with van der Waals surface area (Å²) in [6, 6.07) is 12.2. The standard InChI is InChI=1S/C24H25FN2O3/c1-16-5-3-6-17(2)23(16)29-14-4-7-22(28)27-13-12-21-20(15-27)24(30-26-21)18-8-10-19(25)11-9-18/h3,5-6,8-11H,4,7,12-15H2,1-2H3. The average molecular weight is 408 g/mol. The van der Waals surface area contributed by atoms with E-state index in [1.807, 2.05) is 36.9 Å². The highest BCUT2D eigenvalue weighted by atomic mass is 19.1. The number of para-hydroxylation sites is 1. The number of halogens is 1. The molecule has 0 atom stereocenters. The third-order valence-electron chi connectivity index (χ3n) is 5.49. The monoisotopic (exact) mass is 408 g/mol. The van der Waals surface area contributed by atoms with E-state index in [1.54, 1.807) is 12.1 Å². The molecule has 5 nitrogen and oxygen atoms in total. The Morgan fingerprint density at radius 3 is 2.63 bits per heavy atom. The Morgan fingerprint density at radius 2 is 1.90 bits per heavy atom. The van der Waals surface area contributed by atoms with Gasteiger partial charge in [-0.05, 0) is 55.7 Å². The molecule has 1 amide bonds. The summed E-state index contributed by atoms with van der Waals surface area (Å²) in [7, 11) is 0. The average Bonchev–Trinajstić information content (AvgIpc) is 3.16. The van der Waals surface area contributed by atoms with Gasteiger partial charge in [-0.1, -0.05) is 23.4 Å². The van der Waals surface area contributed by atoms with Crippen LogP contribution in [0, 0.1) is 19.7 Å². The minimum absolute atomic E-state index is 0.0945. The second-order valence-corrected chi connectivity index (χ2v) is 7.68. The third-order valence-corrected chi connectivity index (χ3v) is 5.49. The molecule has 4 rings (SSSR count). The minimum Gasteiger partial charge on any atom is -0.493 e. The number of fused-ring (bicyclic) bond motifs is 1. The van der Waals surface area contributed by atoms with Gasteiger partial charge in [0.15, 0.2) is 5.76 Å². The van der Waals surface area contributed by atoms with Crippen molar-refractivity contribution in [3.05, 3.63) is 70.7 Å². The maximum Gasteiger partial charge on any atom is 0.223 e. The fourth-order valence-electron chi connectivity index (χ4n) is 3.84. The Hall–Kier alpha value is -3.15. The summed E-state index contributed by atoms with van der Waals surface area (Å²) in [6.07, 6.45) is 1.74. The molecular weight excluding hydrogens is 383 g/mol. The molecule has 1 aliphatic heterocycles. The molecule has 2 heterocycles. The first-order chi connectivity index (χ1) is 14.5. The zero-order valence-corrected chi connectivity index (χ0v) is 17.3. The Morgan fingerprint density at radius 1 is 1.17 bits per heavy atom. The third kappa shape index (κ3) is 4.22. The van der Waals surface area contributed by atoms with Crippen molar-refractivity contribution in [3.63, 3.8) is 0 Å². The van der Waals surface area contributed by atoms with E-state index in [-0.39, 0.29) is 11.7 Å². The smallest absolute Gasteiger partial charge is 0.223 e. The van der Waals surface area contributed by atoms with Crippen LogP contribution in [0.4, 0.5) is 4.39 Å². The first-order valence-corrected chi connectivity index (χ1v) is 10.2. The van der Waals surface area contributed by atoms with Gasteiger partial charge in [0.2, 0.25) is 5.91 Å². The highest BCUT2D eigenvalue weighted by Crippen LogP contribution is 2.31. The van der Waals surface area contributed by atoms with Crippen molar-refractivity contribution in [1.29, 1.82) is 0 Å². The molecule has 1 aliphatic rings. The Bertz CT molecular complexity index is 1020. The Balaban J connectivity index is 1.35. The van der Waals surface area contributed by atoms with Crippen LogP contribution in [-0.4, -0.2) is 29.1 Å². The number of hydrogen-bond acceptors (Lipinski definition) is 4. The molecule has 0 N–H and O–H groups in total. The lowest BCUT2D eigenvalue weighted by Crippen LogP contribution is -2.36. The molecule has 6 heteroatoms. The van der Waals surface area contributed by atoms with E-state index in [1.165, 1.54) is 12.1 Å². The van der Waals surface area contributed by atoms with Gasteiger partial charge in [0.25, 0.3) is 0 Å². The zero-order valence-electron chi connectivity index (χ0n) is 17.3. The van der Waals surface area contributed by atoms with Crippen molar-refractivity contribution in [2.45, 2.75) is 39.7 Å². The molecule has 3 aromatic rings. The van der Waals surface area contributed by atoms with E-state index in [0.717, 1.165) is 33.7 Å². The largest absolute Gasteiger partial charge is 0.493 e. The predicted molar refractivity (Wildman–Crippen MR) is 112 cm³/mol. The van der Waals surface area contributed by atoms with Crippen LogP contribution in [0.2, 0.25) is 0 Å². The summed E-state index contributed by atoms with van der Waals surface area (Å²) in [5.74, 6) is 1.31. The highest BCUT2D eigenvalue weighted by molar-refractivity contribution is 5.77. The maximum absolute atomic E-state index is 13.2. The van der Waals surface area contributed by atoms with Crippen LogP contribution in [0.5, 0.6) is 5.75 Å². The highest BCUT2D eigenvalue weighted by Gasteiger charge is 2.27. The van der Waals surface area contributed by atoms with E-state index < -0.39 is 0 Å². The first kappa shape index (κ1) is 20.1. The summed E-state index contributed by atoms with van der Waals surface area (Å²) in [5.41, 5.74) is 4.75. The minimum atomic E-state index is -0.299. The number of amides is 1. The molecule has 0 aliphatic carbocycles. The fourth-order valence-corrected chi connectivity index (χ4v) is 3.84. The van der Waals surface area contributed by atoms with Crippen LogP contribution >= 0.6 is 0 Å². The number of carbonyl (C=O) groups excluding carboxylic acids is 1. The van der Waals surface area contributed by atoms with Crippen molar-refractivity contribution in [3.8, 4) is 17.1 Å². The van der Waals surface area contributed by atoms with Gasteiger partial charge in [-0.2, -0.15) is 0 Å². The van der Waals surface area contributed by atoms with Crippen LogP contribution in [0.3, 0.4) is 0 Å². The Kier molecular flexibility index (Phi) is 5.84. The van der Waals surface area contributed by atoms with Crippen molar-refractivity contribution in [1.82, 2.24) is 10.1 Å². The number of aryl methyl sites for hydroxylation is 2. The van der Waals surface area contributed by atoms with Crippen molar-refractivity contribution >= 4 is 5.91 Å². The molecule has 1 aromatic heterocycles. The Labute approximate surface area is 175 Å². The van der Waals surface area contributed by atoms with Gasteiger partial charge < -0.3 is 14.2 Å². The van der Waals surface area contributed by atoms with Crippen LogP contribution in [0.1, 0.15) is 35.2 Å². The lowest BCUT2D eigenvalue weighted by atomic mass is 10.0. The number of nitrogens with zero attached hydrogens (tertiary/aromatic N) is 2. The van der Waals surface area contributed by atoms with Crippen LogP contribution in [-0.2, 0) is 17.8 Å². The predicted octanol–water partition coefficient (Wildman–Crippen LogP) is 4.84. The van der Waals surface area contributed by atoms with Gasteiger partial charge in [-0.3, -0.25) is 4.79 Å². The molecular formula is C24H25FN2O3. The second-order valence-electron chi connectivity index (χ2n) is 7.68. The van der Waals surface area contributed by atoms with Gasteiger partial charge in [0.1, 0.15) is 11.6 Å². The molecule has 0 fully saturated rings. The van der Waals surface area contributed by atoms with Gasteiger partial charge in [0.05, 0.1) is 18.8 Å². The number of benzene rings is 2. The number of hydrogen-bond donors (Lipinski definition) is 0. The molecule has 0 bridgehead atoms. The zero-order chi connectivity index (χ0) is 21.1. The number of ether oxygens (including phenoxy) is 1. The second kappa shape index (κ2) is 8.69. The van der Waals surface area contributed by atoms with E-state index in [0.29, 0.717) is 44.7 Å². The van der Waals surface area contributed by atoms with E-state index in [9.17, 15) is 9.18 Å². The summed E-state index contributed by atoms with van der Waals surface area (Å²) < 4.78 is 24.6. The number of carbonyl (C=O) groups is 1. The number of rotatable bonds is 6. The maximum atomic E-state index is 13.2. The van der Waals surface area contributed by atoms with Crippen LogP contribution in [0.15, 0.2) is 47.0 Å². The SMILES string of the molecule is Cc1cccc(C)c1OCCCC(=O)N1CCc2noc(-c3ccc(F)cc3)c2C1. The quantitative estimate of drug-likeness (QED) is 0.548. The summed E-state index contributed by atoms with van der Waals surface area (Å²) in [4.78, 5) is 14.6. The van der Waals surface area contributed by atoms with Crippen LogP contribution in [0.25, 0.3) is 11.3 Å². The molecule has 0 saturated carbocycles. The topological polar surface area (TPSA) is 55.6 Å². The summed E-state index contributed by atoms with van der Waals surface area (Å²) >= 11 is 0. The molecule has 0 unspecified atom stereocenters. The molecule has 0 spiro atoms. The van der Waals surface area contributed by atoms with Gasteiger partial charge in [-0.15, -0.1) is 0 Å². The van der Waals surface area contributed by atoms with Crippen molar-refractivity contribution in [2.75, 3.05) is 13.2 Å². The van der Waals surface area contributed by atoms with Crippen molar-refractivity contribution < 1.29 is 18.4 Å². The van der Waals surface area contributed by atoms with Crippen molar-refractivity contribution in [2.24, 2.45) is 0 Å². The van der Waals surface area contributed by atoms with Gasteiger partial charge >= 0.3 is 0 Å². The van der Waals surface area contributed by atoms with E-state index >= 15 is 0 Å². The van der Waals surface area contributed by atoms with E-state index in [2.05, 4.69) is 5.16 Å².